The van der Waals surface area contributed by atoms with Gasteiger partial charge in [0.1, 0.15) is 5.75 Å². The van der Waals surface area contributed by atoms with Crippen molar-refractivity contribution in [3.05, 3.63) is 29.3 Å². The Balaban J connectivity index is 1.70. The van der Waals surface area contributed by atoms with Crippen molar-refractivity contribution in [3.63, 3.8) is 0 Å². The van der Waals surface area contributed by atoms with Crippen molar-refractivity contribution in [2.75, 3.05) is 6.54 Å². The van der Waals surface area contributed by atoms with Gasteiger partial charge in [0.15, 0.2) is 0 Å². The number of carbonyl (C=O) groups is 2. The van der Waals surface area contributed by atoms with E-state index in [1.54, 1.807) is 19.1 Å². The molecule has 1 aliphatic carbocycles. The number of nitrogens with one attached hydrogen (secondary N) is 2. The molecule has 2 rings (SSSR count). The van der Waals surface area contributed by atoms with Crippen molar-refractivity contribution in [1.82, 2.24) is 10.6 Å². The third kappa shape index (κ3) is 4.26. The van der Waals surface area contributed by atoms with Crippen LogP contribution in [-0.2, 0) is 4.79 Å². The van der Waals surface area contributed by atoms with Crippen LogP contribution in [0.5, 0.6) is 5.75 Å². The molecule has 0 bridgehead atoms. The highest BCUT2D eigenvalue weighted by molar-refractivity contribution is 5.95. The number of aromatic hydroxyl groups is 1. The first-order valence-corrected chi connectivity index (χ1v) is 6.93. The van der Waals surface area contributed by atoms with E-state index in [1.807, 2.05) is 0 Å². The molecule has 0 aromatic heterocycles. The van der Waals surface area contributed by atoms with E-state index in [0.29, 0.717) is 31.0 Å². The van der Waals surface area contributed by atoms with Crippen LogP contribution in [0, 0.1) is 6.92 Å². The van der Waals surface area contributed by atoms with E-state index >= 15 is 0 Å². The van der Waals surface area contributed by atoms with Crippen LogP contribution in [0.3, 0.4) is 0 Å². The normalized spacial score (nSPS) is 13.8. The summed E-state index contributed by atoms with van der Waals surface area (Å²) in [6.45, 7) is 2.24. The molecule has 0 aliphatic heterocycles. The van der Waals surface area contributed by atoms with Gasteiger partial charge >= 0.3 is 0 Å². The van der Waals surface area contributed by atoms with Crippen molar-refractivity contribution < 1.29 is 14.7 Å². The molecular formula is C15H20N2O3. The maximum atomic E-state index is 11.9. The minimum absolute atomic E-state index is 0.0579. The fourth-order valence-electron chi connectivity index (χ4n) is 1.98. The van der Waals surface area contributed by atoms with Crippen molar-refractivity contribution in [3.8, 4) is 5.75 Å². The molecule has 5 heteroatoms. The first kappa shape index (κ1) is 14.4. The van der Waals surface area contributed by atoms with Gasteiger partial charge in [-0.15, -0.1) is 0 Å². The topological polar surface area (TPSA) is 78.4 Å². The summed E-state index contributed by atoms with van der Waals surface area (Å²) in [5, 5.41) is 15.0. The Labute approximate surface area is 118 Å². The third-order valence-corrected chi connectivity index (χ3v) is 3.26. The highest BCUT2D eigenvalue weighted by Gasteiger charge is 2.22. The second-order valence-corrected chi connectivity index (χ2v) is 5.20. The predicted molar refractivity (Wildman–Crippen MR) is 75.6 cm³/mol. The smallest absolute Gasteiger partial charge is 0.251 e. The Hall–Kier alpha value is -2.04. The SMILES string of the molecule is Cc1cc(O)ccc1C(=O)NCCCC(=O)NC1CC1. The average Bonchev–Trinajstić information content (AvgIpc) is 3.18. The molecule has 0 atom stereocenters. The lowest BCUT2D eigenvalue weighted by atomic mass is 10.1. The van der Waals surface area contributed by atoms with Gasteiger partial charge in [-0.3, -0.25) is 9.59 Å². The summed E-state index contributed by atoms with van der Waals surface area (Å²) < 4.78 is 0. The quantitative estimate of drug-likeness (QED) is 0.689. The first-order valence-electron chi connectivity index (χ1n) is 6.93. The highest BCUT2D eigenvalue weighted by atomic mass is 16.3. The molecule has 5 nitrogen and oxygen atoms in total. The van der Waals surface area contributed by atoms with Gasteiger partial charge in [0.2, 0.25) is 5.91 Å². The lowest BCUT2D eigenvalue weighted by Crippen LogP contribution is -2.28. The molecule has 1 aromatic rings. The van der Waals surface area contributed by atoms with Gasteiger partial charge in [-0.05, 0) is 49.9 Å². The second kappa shape index (κ2) is 6.41. The molecule has 0 saturated heterocycles. The van der Waals surface area contributed by atoms with Crippen LogP contribution >= 0.6 is 0 Å². The van der Waals surface area contributed by atoms with Gasteiger partial charge in [-0.2, -0.15) is 0 Å². The summed E-state index contributed by atoms with van der Waals surface area (Å²) in [7, 11) is 0. The largest absolute Gasteiger partial charge is 0.508 e. The van der Waals surface area contributed by atoms with Gasteiger partial charge < -0.3 is 15.7 Å². The van der Waals surface area contributed by atoms with E-state index in [4.69, 9.17) is 0 Å². The van der Waals surface area contributed by atoms with Gasteiger partial charge in [0.05, 0.1) is 0 Å². The monoisotopic (exact) mass is 276 g/mol. The minimum atomic E-state index is -0.176. The van der Waals surface area contributed by atoms with Crippen LogP contribution in [0.25, 0.3) is 0 Å². The van der Waals surface area contributed by atoms with Gasteiger partial charge in [0.25, 0.3) is 5.91 Å². The number of hydrogen-bond donors (Lipinski definition) is 3. The van der Waals surface area contributed by atoms with E-state index in [-0.39, 0.29) is 17.6 Å². The average molecular weight is 276 g/mol. The van der Waals surface area contributed by atoms with Crippen molar-refractivity contribution >= 4 is 11.8 Å². The van der Waals surface area contributed by atoms with E-state index in [2.05, 4.69) is 10.6 Å². The van der Waals surface area contributed by atoms with Gasteiger partial charge in [-0.25, -0.2) is 0 Å². The van der Waals surface area contributed by atoms with Crippen LogP contribution in [0.4, 0.5) is 0 Å². The molecule has 1 aromatic carbocycles. The number of benzene rings is 1. The zero-order valence-electron chi connectivity index (χ0n) is 11.6. The minimum Gasteiger partial charge on any atom is -0.508 e. The molecule has 20 heavy (non-hydrogen) atoms. The standard InChI is InChI=1S/C15H20N2O3/c1-10-9-12(18)6-7-13(10)15(20)16-8-2-3-14(19)17-11-4-5-11/h6-7,9,11,18H,2-5,8H2,1H3,(H,16,20)(H,17,19). The molecule has 108 valence electrons. The van der Waals surface area contributed by atoms with Crippen molar-refractivity contribution in [1.29, 1.82) is 0 Å². The summed E-state index contributed by atoms with van der Waals surface area (Å²) in [4.78, 5) is 23.4. The van der Waals surface area contributed by atoms with Crippen LogP contribution in [0.2, 0.25) is 0 Å². The van der Waals surface area contributed by atoms with E-state index in [9.17, 15) is 14.7 Å². The van der Waals surface area contributed by atoms with Crippen LogP contribution < -0.4 is 10.6 Å². The van der Waals surface area contributed by atoms with Crippen molar-refractivity contribution in [2.45, 2.75) is 38.6 Å². The summed E-state index contributed by atoms with van der Waals surface area (Å²) in [5.41, 5.74) is 1.28. The molecule has 1 saturated carbocycles. The van der Waals surface area contributed by atoms with E-state index in [0.717, 1.165) is 18.4 Å². The van der Waals surface area contributed by atoms with Gasteiger partial charge in [-0.1, -0.05) is 0 Å². The molecule has 2 amide bonds. The number of phenols is 1. The Morgan fingerprint density at radius 2 is 2.10 bits per heavy atom. The maximum Gasteiger partial charge on any atom is 0.251 e. The zero-order valence-corrected chi connectivity index (χ0v) is 11.6. The third-order valence-electron chi connectivity index (χ3n) is 3.26. The fourth-order valence-corrected chi connectivity index (χ4v) is 1.98. The summed E-state index contributed by atoms with van der Waals surface area (Å²) in [6.07, 6.45) is 3.23. The highest BCUT2D eigenvalue weighted by Crippen LogP contribution is 2.18. The van der Waals surface area contributed by atoms with Crippen LogP contribution in [0.15, 0.2) is 18.2 Å². The molecular weight excluding hydrogens is 256 g/mol. The van der Waals surface area contributed by atoms with Gasteiger partial charge in [0, 0.05) is 24.6 Å². The van der Waals surface area contributed by atoms with E-state index < -0.39 is 0 Å². The molecule has 0 radical (unpaired) electrons. The predicted octanol–water partition coefficient (Wildman–Crippen LogP) is 1.49. The second-order valence-electron chi connectivity index (χ2n) is 5.20. The number of carbonyl (C=O) groups excluding carboxylic acids is 2. The molecule has 0 heterocycles. The number of amides is 2. The number of hydrogen-bond acceptors (Lipinski definition) is 3. The Morgan fingerprint density at radius 3 is 2.75 bits per heavy atom. The lowest BCUT2D eigenvalue weighted by molar-refractivity contribution is -0.121. The summed E-state index contributed by atoms with van der Waals surface area (Å²) in [5.74, 6) is 0.0310. The number of aryl methyl sites for hydroxylation is 1. The summed E-state index contributed by atoms with van der Waals surface area (Å²) >= 11 is 0. The molecule has 1 fully saturated rings. The van der Waals surface area contributed by atoms with Crippen molar-refractivity contribution in [2.24, 2.45) is 0 Å². The molecule has 0 unspecified atom stereocenters. The van der Waals surface area contributed by atoms with E-state index in [1.165, 1.54) is 6.07 Å². The van der Waals surface area contributed by atoms with Crippen LogP contribution in [-0.4, -0.2) is 29.5 Å². The first-order chi connectivity index (χ1) is 9.56. The molecule has 3 N–H and O–H groups in total. The number of phenolic OH excluding ortho intramolecular Hbond substituents is 1. The maximum absolute atomic E-state index is 11.9. The fraction of sp³-hybridized carbons (Fsp3) is 0.467. The Kier molecular flexibility index (Phi) is 4.61. The molecule has 0 spiro atoms. The summed E-state index contributed by atoms with van der Waals surface area (Å²) in [6, 6.07) is 5.03. The molecule has 1 aliphatic rings. The number of rotatable bonds is 6. The Bertz CT molecular complexity index is 510. The van der Waals surface area contributed by atoms with Crippen LogP contribution in [0.1, 0.15) is 41.6 Å². The zero-order chi connectivity index (χ0) is 14.5. The Morgan fingerprint density at radius 1 is 1.35 bits per heavy atom. The lowest BCUT2D eigenvalue weighted by Gasteiger charge is -2.08.